The van der Waals surface area contributed by atoms with Gasteiger partial charge in [0.05, 0.1) is 12.1 Å². The summed E-state index contributed by atoms with van der Waals surface area (Å²) in [5.74, 6) is 0.423. The fraction of sp³-hybridized carbons (Fsp3) is 0.818. The lowest BCUT2D eigenvalue weighted by atomic mass is 9.83. The summed E-state index contributed by atoms with van der Waals surface area (Å²) < 4.78 is 0. The van der Waals surface area contributed by atoms with E-state index in [4.69, 9.17) is 5.73 Å². The lowest BCUT2D eigenvalue weighted by Gasteiger charge is -2.27. The highest BCUT2D eigenvalue weighted by Gasteiger charge is 2.29. The summed E-state index contributed by atoms with van der Waals surface area (Å²) in [6, 6.07) is -0.840. The van der Waals surface area contributed by atoms with Crippen LogP contribution in [-0.4, -0.2) is 23.8 Å². The van der Waals surface area contributed by atoms with E-state index in [0.29, 0.717) is 12.3 Å². The third-order valence-corrected chi connectivity index (χ3v) is 3.05. The topological polar surface area (TPSA) is 72.2 Å². The molecule has 86 valence electrons. The Morgan fingerprint density at radius 2 is 2.27 bits per heavy atom. The summed E-state index contributed by atoms with van der Waals surface area (Å²) in [5, 5.41) is 2.70. The zero-order valence-electron chi connectivity index (χ0n) is 9.45. The minimum Gasteiger partial charge on any atom is -0.345 e. The van der Waals surface area contributed by atoms with Crippen LogP contribution in [0.4, 0.5) is 0 Å². The molecule has 0 spiro atoms. The zero-order valence-corrected chi connectivity index (χ0v) is 9.45. The van der Waals surface area contributed by atoms with Crippen LogP contribution in [0.1, 0.15) is 39.5 Å². The number of nitrogens with two attached hydrogens (primary N) is 1. The lowest BCUT2D eigenvalue weighted by molar-refractivity contribution is -0.130. The molecule has 1 fully saturated rings. The van der Waals surface area contributed by atoms with Crippen molar-refractivity contribution in [2.75, 3.05) is 0 Å². The molecule has 4 nitrogen and oxygen atoms in total. The van der Waals surface area contributed by atoms with Crippen LogP contribution in [-0.2, 0) is 9.59 Å². The van der Waals surface area contributed by atoms with Gasteiger partial charge in [0, 0.05) is 6.42 Å². The molecule has 0 heterocycles. The van der Waals surface area contributed by atoms with Crippen LogP contribution < -0.4 is 11.1 Å². The maximum Gasteiger partial charge on any atom is 0.237 e. The number of nitrogens with one attached hydrogen (secondary N) is 1. The number of carbonyl (C=O) groups is 2. The Kier molecular flexibility index (Phi) is 4.27. The molecule has 0 aromatic carbocycles. The Bertz CT molecular complexity index is 251. The summed E-state index contributed by atoms with van der Waals surface area (Å²) >= 11 is 0. The molecule has 3 N–H and O–H groups in total. The van der Waals surface area contributed by atoms with Crippen LogP contribution in [0, 0.1) is 5.92 Å². The summed E-state index contributed by atoms with van der Waals surface area (Å²) in [4.78, 5) is 23.0. The van der Waals surface area contributed by atoms with E-state index in [0.717, 1.165) is 19.3 Å². The van der Waals surface area contributed by atoms with Gasteiger partial charge in [-0.3, -0.25) is 9.59 Å². The molecule has 3 unspecified atom stereocenters. The molecule has 1 amide bonds. The molecule has 1 saturated carbocycles. The molecule has 1 rings (SSSR count). The molecule has 0 aromatic heterocycles. The average molecular weight is 212 g/mol. The number of amides is 1. The van der Waals surface area contributed by atoms with Crippen LogP contribution in [0.5, 0.6) is 0 Å². The molecule has 4 heteroatoms. The fourth-order valence-corrected chi connectivity index (χ4v) is 1.90. The van der Waals surface area contributed by atoms with E-state index in [-0.39, 0.29) is 17.7 Å². The predicted molar refractivity (Wildman–Crippen MR) is 58.2 cm³/mol. The lowest BCUT2D eigenvalue weighted by Crippen LogP contribution is -2.49. The first kappa shape index (κ1) is 12.2. The van der Waals surface area contributed by atoms with E-state index < -0.39 is 6.04 Å². The average Bonchev–Trinajstić information content (AvgIpc) is 2.20. The third-order valence-electron chi connectivity index (χ3n) is 3.05. The second kappa shape index (κ2) is 5.26. The van der Waals surface area contributed by atoms with E-state index in [1.807, 2.05) is 0 Å². The van der Waals surface area contributed by atoms with Gasteiger partial charge in [0.1, 0.15) is 0 Å². The van der Waals surface area contributed by atoms with Gasteiger partial charge in [0.25, 0.3) is 0 Å². The molecule has 1 aliphatic carbocycles. The van der Waals surface area contributed by atoms with Crippen molar-refractivity contribution in [2.24, 2.45) is 11.7 Å². The Morgan fingerprint density at radius 1 is 1.60 bits per heavy atom. The molecule has 0 aromatic rings. The standard InChI is InChI=1S/C11H20N2O2/c1-3-8-4-5-9(10(14)6-8)13-11(15)7(2)12/h7-9H,3-6,12H2,1-2H3,(H,13,15). The minimum absolute atomic E-state index is 0.155. The maximum atomic E-state index is 11.7. The van der Waals surface area contributed by atoms with Gasteiger partial charge in [-0.1, -0.05) is 13.3 Å². The van der Waals surface area contributed by atoms with E-state index >= 15 is 0 Å². The minimum atomic E-state index is -0.540. The molecule has 0 saturated heterocycles. The van der Waals surface area contributed by atoms with Crippen molar-refractivity contribution in [1.29, 1.82) is 0 Å². The van der Waals surface area contributed by atoms with Gasteiger partial charge in [0.15, 0.2) is 5.78 Å². The van der Waals surface area contributed by atoms with Crippen molar-refractivity contribution in [3.05, 3.63) is 0 Å². The van der Waals surface area contributed by atoms with Crippen molar-refractivity contribution in [3.63, 3.8) is 0 Å². The van der Waals surface area contributed by atoms with Gasteiger partial charge in [-0.25, -0.2) is 0 Å². The number of Topliss-reactive ketones (excluding diaryl/α,β-unsaturated/α-hetero) is 1. The molecule has 1 aliphatic rings. The van der Waals surface area contributed by atoms with Crippen molar-refractivity contribution in [2.45, 2.75) is 51.6 Å². The number of hydrogen-bond acceptors (Lipinski definition) is 3. The normalized spacial score (nSPS) is 28.6. The molecular weight excluding hydrogens is 192 g/mol. The zero-order chi connectivity index (χ0) is 11.4. The Labute approximate surface area is 90.6 Å². The second-order valence-electron chi connectivity index (χ2n) is 4.37. The Morgan fingerprint density at radius 3 is 2.73 bits per heavy atom. The van der Waals surface area contributed by atoms with E-state index in [1.54, 1.807) is 6.92 Å². The number of ketones is 1. The van der Waals surface area contributed by atoms with Crippen molar-refractivity contribution in [3.8, 4) is 0 Å². The quantitative estimate of drug-likeness (QED) is 0.719. The maximum absolute atomic E-state index is 11.7. The van der Waals surface area contributed by atoms with Crippen LogP contribution in [0.2, 0.25) is 0 Å². The third kappa shape index (κ3) is 3.30. The molecule has 15 heavy (non-hydrogen) atoms. The summed E-state index contributed by atoms with van der Waals surface area (Å²) in [6.45, 7) is 3.72. The molecule has 0 radical (unpaired) electrons. The number of hydrogen-bond donors (Lipinski definition) is 2. The first-order chi connectivity index (χ1) is 7.04. The number of rotatable bonds is 3. The summed E-state index contributed by atoms with van der Waals surface area (Å²) in [7, 11) is 0. The van der Waals surface area contributed by atoms with Crippen LogP contribution in [0.15, 0.2) is 0 Å². The van der Waals surface area contributed by atoms with Gasteiger partial charge < -0.3 is 11.1 Å². The summed E-state index contributed by atoms with van der Waals surface area (Å²) in [5.41, 5.74) is 5.43. The highest BCUT2D eigenvalue weighted by molar-refractivity contribution is 5.91. The summed E-state index contributed by atoms with van der Waals surface area (Å²) in [6.07, 6.45) is 3.42. The fourth-order valence-electron chi connectivity index (χ4n) is 1.90. The van der Waals surface area contributed by atoms with Gasteiger partial charge in [-0.15, -0.1) is 0 Å². The predicted octanol–water partition coefficient (Wildman–Crippen LogP) is 0.598. The SMILES string of the molecule is CCC1CCC(NC(=O)C(C)N)C(=O)C1. The molecule has 3 atom stereocenters. The number of carbonyl (C=O) groups excluding carboxylic acids is 2. The van der Waals surface area contributed by atoms with E-state index in [2.05, 4.69) is 12.2 Å². The first-order valence-corrected chi connectivity index (χ1v) is 5.63. The van der Waals surface area contributed by atoms with Crippen molar-refractivity contribution >= 4 is 11.7 Å². The van der Waals surface area contributed by atoms with Crippen LogP contribution >= 0.6 is 0 Å². The molecular formula is C11H20N2O2. The van der Waals surface area contributed by atoms with Crippen LogP contribution in [0.3, 0.4) is 0 Å². The van der Waals surface area contributed by atoms with E-state index in [9.17, 15) is 9.59 Å². The van der Waals surface area contributed by atoms with Gasteiger partial charge in [-0.2, -0.15) is 0 Å². The second-order valence-corrected chi connectivity index (χ2v) is 4.37. The van der Waals surface area contributed by atoms with Crippen LogP contribution in [0.25, 0.3) is 0 Å². The van der Waals surface area contributed by atoms with Crippen molar-refractivity contribution in [1.82, 2.24) is 5.32 Å². The van der Waals surface area contributed by atoms with Crippen molar-refractivity contribution < 1.29 is 9.59 Å². The van der Waals surface area contributed by atoms with E-state index in [1.165, 1.54) is 0 Å². The Balaban J connectivity index is 2.45. The smallest absolute Gasteiger partial charge is 0.237 e. The molecule has 0 aliphatic heterocycles. The van der Waals surface area contributed by atoms with Gasteiger partial charge >= 0.3 is 0 Å². The molecule has 0 bridgehead atoms. The Hall–Kier alpha value is -0.900. The highest BCUT2D eigenvalue weighted by Crippen LogP contribution is 2.24. The monoisotopic (exact) mass is 212 g/mol. The van der Waals surface area contributed by atoms with Gasteiger partial charge in [-0.05, 0) is 25.7 Å². The van der Waals surface area contributed by atoms with Gasteiger partial charge in [0.2, 0.25) is 5.91 Å². The highest BCUT2D eigenvalue weighted by atomic mass is 16.2. The first-order valence-electron chi connectivity index (χ1n) is 5.63. The largest absolute Gasteiger partial charge is 0.345 e.